The van der Waals surface area contributed by atoms with E-state index in [0.29, 0.717) is 0 Å². The van der Waals surface area contributed by atoms with Gasteiger partial charge in [0, 0.05) is 26.3 Å². The van der Waals surface area contributed by atoms with Crippen molar-refractivity contribution in [2.75, 3.05) is 20.1 Å². The Morgan fingerprint density at radius 2 is 2.50 bits per heavy atom. The Hall–Kier alpha value is -0.540. The maximum Gasteiger partial charge on any atom is 0.0363 e. The van der Waals surface area contributed by atoms with Crippen LogP contribution < -0.4 is 5.43 Å². The van der Waals surface area contributed by atoms with Gasteiger partial charge < -0.3 is 0 Å². The zero-order valence-electron chi connectivity index (χ0n) is 6.67. The average molecular weight is 141 g/mol. The average Bonchev–Trinajstić information content (AvgIpc) is 2.38. The van der Waals surface area contributed by atoms with Crippen molar-refractivity contribution in [3.63, 3.8) is 0 Å². The van der Waals surface area contributed by atoms with E-state index in [2.05, 4.69) is 36.7 Å². The van der Waals surface area contributed by atoms with Gasteiger partial charge in [-0.15, -0.1) is 0 Å². The van der Waals surface area contributed by atoms with Crippen LogP contribution in [0.3, 0.4) is 0 Å². The lowest BCUT2D eigenvalue weighted by molar-refractivity contribution is 0.0146. The Balaban J connectivity index is 2.26. The summed E-state index contributed by atoms with van der Waals surface area (Å²) >= 11 is 0. The molecule has 10 heavy (non-hydrogen) atoms. The molecule has 1 aliphatic rings. The maximum atomic E-state index is 3.19. The number of rotatable bonds is 3. The zero-order chi connectivity index (χ0) is 7.40. The van der Waals surface area contributed by atoms with E-state index in [1.165, 1.54) is 6.42 Å². The van der Waals surface area contributed by atoms with Crippen molar-refractivity contribution in [2.45, 2.75) is 13.3 Å². The Morgan fingerprint density at radius 1 is 1.70 bits per heavy atom. The molecule has 0 amide bonds. The van der Waals surface area contributed by atoms with Gasteiger partial charge in [-0.05, 0) is 12.5 Å². The highest BCUT2D eigenvalue weighted by Gasteiger charge is 2.06. The minimum absolute atomic E-state index is 0.952. The molecule has 3 heteroatoms. The molecule has 1 rings (SSSR count). The van der Waals surface area contributed by atoms with E-state index in [1.54, 1.807) is 0 Å². The molecule has 0 radical (unpaired) electrons. The number of hydrogen-bond donors (Lipinski definition) is 1. The molecule has 0 atom stereocenters. The molecule has 0 aromatic rings. The van der Waals surface area contributed by atoms with Crippen LogP contribution in [0.2, 0.25) is 0 Å². The lowest BCUT2D eigenvalue weighted by Crippen LogP contribution is -2.42. The largest absolute Gasteiger partial charge is 0.247 e. The molecule has 0 saturated carbocycles. The standard InChI is InChI=1S/C7H15N3/c1-3-6-9(2)10-7-4-5-8-10/h4,7-8H,3,5-6H2,1-2H3. The molecule has 0 aliphatic carbocycles. The van der Waals surface area contributed by atoms with Gasteiger partial charge in [-0.25, -0.2) is 15.6 Å². The van der Waals surface area contributed by atoms with E-state index in [-0.39, 0.29) is 0 Å². The van der Waals surface area contributed by atoms with Crippen molar-refractivity contribution in [2.24, 2.45) is 0 Å². The molecule has 58 valence electrons. The summed E-state index contributed by atoms with van der Waals surface area (Å²) < 4.78 is 0. The molecule has 1 aliphatic heterocycles. The first kappa shape index (κ1) is 7.57. The van der Waals surface area contributed by atoms with Gasteiger partial charge >= 0.3 is 0 Å². The van der Waals surface area contributed by atoms with Crippen molar-refractivity contribution in [3.05, 3.63) is 12.3 Å². The fourth-order valence-corrected chi connectivity index (χ4v) is 1.02. The Kier molecular flexibility index (Phi) is 2.71. The van der Waals surface area contributed by atoms with Crippen molar-refractivity contribution in [3.8, 4) is 0 Å². The second-order valence-electron chi connectivity index (χ2n) is 2.47. The highest BCUT2D eigenvalue weighted by Crippen LogP contribution is 1.97. The fourth-order valence-electron chi connectivity index (χ4n) is 1.02. The zero-order valence-corrected chi connectivity index (χ0v) is 6.67. The summed E-state index contributed by atoms with van der Waals surface area (Å²) in [5, 5.41) is 4.17. The van der Waals surface area contributed by atoms with Crippen LogP contribution in [0.1, 0.15) is 13.3 Å². The summed E-state index contributed by atoms with van der Waals surface area (Å²) in [4.78, 5) is 0. The Morgan fingerprint density at radius 3 is 3.00 bits per heavy atom. The summed E-state index contributed by atoms with van der Waals surface area (Å²) in [5.41, 5.74) is 3.19. The van der Waals surface area contributed by atoms with Crippen LogP contribution in [0.5, 0.6) is 0 Å². The summed E-state index contributed by atoms with van der Waals surface area (Å²) in [6.45, 7) is 4.22. The Bertz CT molecular complexity index is 122. The summed E-state index contributed by atoms with van der Waals surface area (Å²) in [6.07, 6.45) is 5.34. The number of nitrogens with zero attached hydrogens (tertiary/aromatic N) is 2. The first-order chi connectivity index (χ1) is 4.84. The third kappa shape index (κ3) is 1.72. The smallest absolute Gasteiger partial charge is 0.0363 e. The van der Waals surface area contributed by atoms with Gasteiger partial charge in [-0.1, -0.05) is 6.92 Å². The molecule has 0 fully saturated rings. The fraction of sp³-hybridized carbons (Fsp3) is 0.714. The van der Waals surface area contributed by atoms with E-state index < -0.39 is 0 Å². The lowest BCUT2D eigenvalue weighted by Gasteiger charge is -2.27. The number of hydrazine groups is 2. The van der Waals surface area contributed by atoms with Crippen molar-refractivity contribution in [1.29, 1.82) is 0 Å². The van der Waals surface area contributed by atoms with Crippen LogP contribution >= 0.6 is 0 Å². The van der Waals surface area contributed by atoms with Crippen LogP contribution in [0.25, 0.3) is 0 Å². The quantitative estimate of drug-likeness (QED) is 0.620. The predicted octanol–water partition coefficient (Wildman–Crippen LogP) is 0.577. The molecule has 0 aromatic carbocycles. The molecule has 0 spiro atoms. The van der Waals surface area contributed by atoms with Gasteiger partial charge in [0.25, 0.3) is 0 Å². The van der Waals surface area contributed by atoms with Crippen molar-refractivity contribution >= 4 is 0 Å². The topological polar surface area (TPSA) is 18.5 Å². The van der Waals surface area contributed by atoms with E-state index in [4.69, 9.17) is 0 Å². The van der Waals surface area contributed by atoms with Crippen LogP contribution in [0, 0.1) is 0 Å². The molecular formula is C7H15N3. The van der Waals surface area contributed by atoms with E-state index in [1.807, 2.05) is 5.12 Å². The van der Waals surface area contributed by atoms with Crippen molar-refractivity contribution in [1.82, 2.24) is 15.6 Å². The SMILES string of the molecule is CCCN(C)N1C=CCN1. The van der Waals surface area contributed by atoms with E-state index >= 15 is 0 Å². The molecule has 0 bridgehead atoms. The highest BCUT2D eigenvalue weighted by atomic mass is 15.8. The second kappa shape index (κ2) is 3.58. The third-order valence-corrected chi connectivity index (χ3v) is 1.53. The van der Waals surface area contributed by atoms with Crippen molar-refractivity contribution < 1.29 is 0 Å². The van der Waals surface area contributed by atoms with Gasteiger partial charge in [-0.2, -0.15) is 0 Å². The molecule has 1 N–H and O–H groups in total. The second-order valence-corrected chi connectivity index (χ2v) is 2.47. The number of nitrogens with one attached hydrogen (secondary N) is 1. The summed E-state index contributed by atoms with van der Waals surface area (Å²) in [7, 11) is 2.08. The van der Waals surface area contributed by atoms with Gasteiger partial charge in [-0.3, -0.25) is 0 Å². The van der Waals surface area contributed by atoms with Gasteiger partial charge in [0.15, 0.2) is 0 Å². The number of hydrogen-bond acceptors (Lipinski definition) is 3. The first-order valence-electron chi connectivity index (χ1n) is 3.75. The summed E-state index contributed by atoms with van der Waals surface area (Å²) in [6, 6.07) is 0. The van der Waals surface area contributed by atoms with Gasteiger partial charge in [0.1, 0.15) is 0 Å². The lowest BCUT2D eigenvalue weighted by atomic mass is 10.5. The molecule has 0 aromatic heterocycles. The third-order valence-electron chi connectivity index (χ3n) is 1.53. The molecule has 3 nitrogen and oxygen atoms in total. The predicted molar refractivity (Wildman–Crippen MR) is 41.9 cm³/mol. The normalized spacial score (nSPS) is 17.3. The highest BCUT2D eigenvalue weighted by molar-refractivity contribution is 4.87. The monoisotopic (exact) mass is 141 g/mol. The first-order valence-corrected chi connectivity index (χ1v) is 3.75. The van der Waals surface area contributed by atoms with Gasteiger partial charge in [0.2, 0.25) is 0 Å². The minimum Gasteiger partial charge on any atom is -0.247 e. The van der Waals surface area contributed by atoms with Crippen LogP contribution in [-0.2, 0) is 0 Å². The van der Waals surface area contributed by atoms with Gasteiger partial charge in [0.05, 0.1) is 0 Å². The molecule has 0 saturated heterocycles. The van der Waals surface area contributed by atoms with Crippen LogP contribution in [-0.4, -0.2) is 30.3 Å². The van der Waals surface area contributed by atoms with E-state index in [9.17, 15) is 0 Å². The molecular weight excluding hydrogens is 126 g/mol. The van der Waals surface area contributed by atoms with Crippen LogP contribution in [0.4, 0.5) is 0 Å². The minimum atomic E-state index is 0.952. The molecule has 0 unspecified atom stereocenters. The maximum absolute atomic E-state index is 3.19. The van der Waals surface area contributed by atoms with Crippen LogP contribution in [0.15, 0.2) is 12.3 Å². The van der Waals surface area contributed by atoms with E-state index in [0.717, 1.165) is 13.1 Å². The Labute approximate surface area is 62.2 Å². The molecule has 1 heterocycles. The summed E-state index contributed by atoms with van der Waals surface area (Å²) in [5.74, 6) is 0.